The molecule has 0 spiro atoms. The maximum absolute atomic E-state index is 13.3. The van der Waals surface area contributed by atoms with Gasteiger partial charge in [-0.2, -0.15) is 0 Å². The quantitative estimate of drug-likeness (QED) is 0.611. The summed E-state index contributed by atoms with van der Waals surface area (Å²) >= 11 is 0. The molecule has 2 aromatic rings. The molecule has 2 saturated heterocycles. The van der Waals surface area contributed by atoms with Crippen LogP contribution in [0.5, 0.6) is 0 Å². The first-order valence-electron chi connectivity index (χ1n) is 11.3. The number of amides is 1. The molecule has 0 unspecified atom stereocenters. The molecule has 1 aromatic carbocycles. The summed E-state index contributed by atoms with van der Waals surface area (Å²) < 4.78 is 24.4. The Labute approximate surface area is 188 Å². The maximum atomic E-state index is 13.3. The summed E-state index contributed by atoms with van der Waals surface area (Å²) in [6.45, 7) is 9.34. The van der Waals surface area contributed by atoms with Crippen LogP contribution in [0.15, 0.2) is 34.9 Å². The second-order valence-electron chi connectivity index (χ2n) is 8.51. The number of ether oxygens (including phenoxy) is 1. The van der Waals surface area contributed by atoms with E-state index in [0.29, 0.717) is 37.8 Å². The number of benzene rings is 1. The van der Waals surface area contributed by atoms with E-state index in [9.17, 15) is 9.18 Å². The molecule has 2 aliphatic heterocycles. The van der Waals surface area contributed by atoms with Crippen LogP contribution in [0.1, 0.15) is 21.9 Å². The molecule has 0 radical (unpaired) electrons. The highest BCUT2D eigenvalue weighted by Gasteiger charge is 2.24. The highest BCUT2D eigenvalue weighted by Crippen LogP contribution is 2.14. The zero-order valence-corrected chi connectivity index (χ0v) is 18.7. The van der Waals surface area contributed by atoms with Crippen molar-refractivity contribution in [2.45, 2.75) is 13.1 Å². The molecule has 9 heteroatoms. The topological polar surface area (TPSA) is 65.3 Å². The van der Waals surface area contributed by atoms with Gasteiger partial charge in [-0.1, -0.05) is 12.1 Å². The van der Waals surface area contributed by atoms with Crippen LogP contribution in [-0.2, 0) is 17.8 Å². The van der Waals surface area contributed by atoms with Gasteiger partial charge in [0.1, 0.15) is 12.1 Å². The van der Waals surface area contributed by atoms with Gasteiger partial charge >= 0.3 is 0 Å². The summed E-state index contributed by atoms with van der Waals surface area (Å²) in [6, 6.07) is 6.56. The molecule has 174 valence electrons. The first kappa shape index (κ1) is 22.8. The van der Waals surface area contributed by atoms with E-state index in [1.807, 2.05) is 4.90 Å². The number of likely N-dealkylation sites (N-methyl/N-ethyl adjacent to an activating group) is 1. The fraction of sp³-hybridized carbons (Fsp3) is 0.565. The van der Waals surface area contributed by atoms with Gasteiger partial charge in [-0.15, -0.1) is 0 Å². The summed E-state index contributed by atoms with van der Waals surface area (Å²) in [7, 11) is 2.06. The smallest absolute Gasteiger partial charge is 0.275 e. The van der Waals surface area contributed by atoms with E-state index in [1.54, 1.807) is 12.1 Å². The molecule has 32 heavy (non-hydrogen) atoms. The van der Waals surface area contributed by atoms with Crippen molar-refractivity contribution in [2.75, 3.05) is 72.6 Å². The Morgan fingerprint density at radius 3 is 2.50 bits per heavy atom. The molecule has 4 rings (SSSR count). The second-order valence-corrected chi connectivity index (χ2v) is 8.51. The van der Waals surface area contributed by atoms with Crippen LogP contribution in [0.4, 0.5) is 4.39 Å². The van der Waals surface area contributed by atoms with Crippen molar-refractivity contribution < 1.29 is 18.3 Å². The predicted octanol–water partition coefficient (Wildman–Crippen LogP) is 1.54. The number of piperazine rings is 1. The molecule has 0 saturated carbocycles. The largest absolute Gasteiger partial charge is 0.447 e. The van der Waals surface area contributed by atoms with Gasteiger partial charge in [0.05, 0.1) is 19.8 Å². The molecule has 0 aliphatic carbocycles. The van der Waals surface area contributed by atoms with Crippen LogP contribution < -0.4 is 0 Å². The van der Waals surface area contributed by atoms with Gasteiger partial charge in [-0.3, -0.25) is 14.6 Å². The van der Waals surface area contributed by atoms with Crippen molar-refractivity contribution in [1.82, 2.24) is 24.6 Å². The summed E-state index contributed by atoms with van der Waals surface area (Å²) in [5, 5.41) is 0. The maximum Gasteiger partial charge on any atom is 0.275 e. The van der Waals surface area contributed by atoms with E-state index in [1.165, 1.54) is 18.4 Å². The van der Waals surface area contributed by atoms with Gasteiger partial charge in [-0.25, -0.2) is 9.37 Å². The molecule has 0 N–H and O–H groups in total. The fourth-order valence-corrected chi connectivity index (χ4v) is 4.01. The molecule has 8 nitrogen and oxygen atoms in total. The van der Waals surface area contributed by atoms with Crippen LogP contribution in [-0.4, -0.2) is 103 Å². The van der Waals surface area contributed by atoms with Crippen LogP contribution in [0, 0.1) is 5.82 Å². The van der Waals surface area contributed by atoms with Crippen molar-refractivity contribution in [2.24, 2.45) is 0 Å². The number of aromatic nitrogens is 1. The normalized spacial score (nSPS) is 18.4. The van der Waals surface area contributed by atoms with Crippen molar-refractivity contribution >= 4 is 5.91 Å². The Morgan fingerprint density at radius 1 is 1.06 bits per heavy atom. The van der Waals surface area contributed by atoms with Crippen LogP contribution in [0.3, 0.4) is 0 Å². The Hall–Kier alpha value is -2.33. The summed E-state index contributed by atoms with van der Waals surface area (Å²) in [5.74, 6) is 0.200. The number of carbonyl (C=O) groups excluding carboxylic acids is 1. The van der Waals surface area contributed by atoms with Crippen molar-refractivity contribution in [3.8, 4) is 0 Å². The van der Waals surface area contributed by atoms with Gasteiger partial charge in [0.2, 0.25) is 5.89 Å². The van der Waals surface area contributed by atoms with Crippen LogP contribution in [0.25, 0.3) is 0 Å². The third-order valence-electron chi connectivity index (χ3n) is 6.08. The first-order chi connectivity index (χ1) is 15.6. The van der Waals surface area contributed by atoms with Gasteiger partial charge in [0.25, 0.3) is 5.91 Å². The number of halogens is 1. The number of oxazole rings is 1. The fourth-order valence-electron chi connectivity index (χ4n) is 4.01. The molecule has 3 heterocycles. The lowest BCUT2D eigenvalue weighted by molar-refractivity contribution is 0.0320. The zero-order chi connectivity index (χ0) is 22.3. The third-order valence-corrected chi connectivity index (χ3v) is 6.08. The highest BCUT2D eigenvalue weighted by atomic mass is 19.1. The number of hydrogen-bond donors (Lipinski definition) is 0. The summed E-state index contributed by atoms with van der Waals surface area (Å²) in [5.41, 5.74) is 1.38. The Bertz CT molecular complexity index is 861. The molecule has 0 bridgehead atoms. The lowest BCUT2D eigenvalue weighted by atomic mass is 10.2. The SMILES string of the molecule is CN1CCN(C(=O)c2coc(CN(CCN3CCOCC3)Cc3ccc(F)cc3)n2)CC1. The Morgan fingerprint density at radius 2 is 1.78 bits per heavy atom. The molecular formula is C23H32FN5O3. The van der Waals surface area contributed by atoms with Crippen molar-refractivity contribution in [3.05, 3.63) is 53.5 Å². The van der Waals surface area contributed by atoms with Gasteiger partial charge in [-0.05, 0) is 24.7 Å². The van der Waals surface area contributed by atoms with Gasteiger partial charge in [0, 0.05) is 58.9 Å². The standard InChI is InChI=1S/C23H32FN5O3/c1-26-6-10-29(11-7-26)23(30)21-18-32-22(25-21)17-28(9-8-27-12-14-31-15-13-27)16-19-2-4-20(24)5-3-19/h2-5,18H,6-17H2,1H3. The number of morpholine rings is 1. The Kier molecular flexibility index (Phi) is 7.85. The minimum Gasteiger partial charge on any atom is -0.447 e. The number of hydrogen-bond acceptors (Lipinski definition) is 7. The molecule has 1 aromatic heterocycles. The third kappa shape index (κ3) is 6.35. The van der Waals surface area contributed by atoms with E-state index in [-0.39, 0.29) is 11.7 Å². The van der Waals surface area contributed by atoms with Gasteiger partial charge < -0.3 is 19.0 Å². The van der Waals surface area contributed by atoms with E-state index < -0.39 is 0 Å². The van der Waals surface area contributed by atoms with Crippen LogP contribution >= 0.6 is 0 Å². The van der Waals surface area contributed by atoms with Crippen LogP contribution in [0.2, 0.25) is 0 Å². The van der Waals surface area contributed by atoms with E-state index in [4.69, 9.17) is 9.15 Å². The molecule has 2 fully saturated rings. The molecule has 1 amide bonds. The lowest BCUT2D eigenvalue weighted by Crippen LogP contribution is -2.47. The summed E-state index contributed by atoms with van der Waals surface area (Å²) in [6.07, 6.45) is 1.47. The summed E-state index contributed by atoms with van der Waals surface area (Å²) in [4.78, 5) is 25.9. The molecule has 2 aliphatic rings. The average Bonchev–Trinajstić information content (AvgIpc) is 3.28. The van der Waals surface area contributed by atoms with Gasteiger partial charge in [0.15, 0.2) is 5.69 Å². The molecular weight excluding hydrogens is 413 g/mol. The van der Waals surface area contributed by atoms with Crippen molar-refractivity contribution in [1.29, 1.82) is 0 Å². The van der Waals surface area contributed by atoms with E-state index in [0.717, 1.165) is 58.0 Å². The second kappa shape index (κ2) is 11.0. The van der Waals surface area contributed by atoms with Crippen molar-refractivity contribution in [3.63, 3.8) is 0 Å². The van der Waals surface area contributed by atoms with E-state index in [2.05, 4.69) is 26.7 Å². The Balaban J connectivity index is 1.39. The predicted molar refractivity (Wildman–Crippen MR) is 118 cm³/mol. The molecule has 0 atom stereocenters. The number of rotatable bonds is 8. The minimum atomic E-state index is -0.242. The zero-order valence-electron chi connectivity index (χ0n) is 18.7. The highest BCUT2D eigenvalue weighted by molar-refractivity contribution is 5.92. The minimum absolute atomic E-state index is 0.0773. The number of carbonyl (C=O) groups is 1. The monoisotopic (exact) mass is 445 g/mol. The first-order valence-corrected chi connectivity index (χ1v) is 11.3. The lowest BCUT2D eigenvalue weighted by Gasteiger charge is -2.31. The van der Waals surface area contributed by atoms with E-state index >= 15 is 0 Å². The average molecular weight is 446 g/mol. The number of nitrogens with zero attached hydrogens (tertiary/aromatic N) is 5.